The van der Waals surface area contributed by atoms with Gasteiger partial charge >= 0.3 is 6.18 Å². The van der Waals surface area contributed by atoms with Crippen LogP contribution < -0.4 is 0 Å². The van der Waals surface area contributed by atoms with E-state index in [-0.39, 0.29) is 23.8 Å². The van der Waals surface area contributed by atoms with Gasteiger partial charge in [0.25, 0.3) is 0 Å². The molecule has 0 spiro atoms. The number of ether oxygens (including phenoxy) is 1. The summed E-state index contributed by atoms with van der Waals surface area (Å²) >= 11 is 0. The Labute approximate surface area is 128 Å². The molecule has 1 heterocycles. The Kier molecular flexibility index (Phi) is 5.45. The van der Waals surface area contributed by atoms with Gasteiger partial charge in [-0.15, -0.1) is 0 Å². The summed E-state index contributed by atoms with van der Waals surface area (Å²) in [5.74, 6) is 0.0121. The third-order valence-corrected chi connectivity index (χ3v) is 3.94. The third kappa shape index (κ3) is 4.22. The van der Waals surface area contributed by atoms with E-state index in [0.717, 1.165) is 18.9 Å². The lowest BCUT2D eigenvalue weighted by molar-refractivity contribution is -0.139. The Hall–Kier alpha value is -1.56. The van der Waals surface area contributed by atoms with Crippen LogP contribution in [0.3, 0.4) is 0 Å². The molecule has 0 radical (unpaired) electrons. The van der Waals surface area contributed by atoms with Crippen molar-refractivity contribution in [2.45, 2.75) is 25.4 Å². The zero-order chi connectivity index (χ0) is 16.2. The standard InChI is InChI=1S/C16H20F3NO2/c1-22-11-12-5-4-8-20(10-12)15(21)9-13-6-2-3-7-14(13)16(17,18)19/h2-3,6-7,12H,4-5,8-11H2,1H3/t12-/m0/s1. The highest BCUT2D eigenvalue weighted by Crippen LogP contribution is 2.32. The van der Waals surface area contributed by atoms with E-state index in [9.17, 15) is 18.0 Å². The summed E-state index contributed by atoms with van der Waals surface area (Å²) < 4.78 is 44.0. The van der Waals surface area contributed by atoms with Gasteiger partial charge in [-0.25, -0.2) is 0 Å². The molecule has 122 valence electrons. The summed E-state index contributed by atoms with van der Waals surface area (Å²) in [5, 5.41) is 0. The maximum Gasteiger partial charge on any atom is 0.416 e. The van der Waals surface area contributed by atoms with Crippen molar-refractivity contribution >= 4 is 5.91 Å². The minimum absolute atomic E-state index is 0.0360. The topological polar surface area (TPSA) is 29.5 Å². The highest BCUT2D eigenvalue weighted by Gasteiger charge is 2.34. The van der Waals surface area contributed by atoms with Crippen molar-refractivity contribution in [3.63, 3.8) is 0 Å². The Morgan fingerprint density at radius 3 is 2.77 bits per heavy atom. The van der Waals surface area contributed by atoms with E-state index in [0.29, 0.717) is 19.7 Å². The lowest BCUT2D eigenvalue weighted by Gasteiger charge is -2.32. The number of nitrogens with zero attached hydrogens (tertiary/aromatic N) is 1. The number of likely N-dealkylation sites (tertiary alicyclic amines) is 1. The molecule has 6 heteroatoms. The van der Waals surface area contributed by atoms with Gasteiger partial charge in [0.1, 0.15) is 0 Å². The lowest BCUT2D eigenvalue weighted by atomic mass is 9.97. The zero-order valence-corrected chi connectivity index (χ0v) is 12.5. The van der Waals surface area contributed by atoms with Crippen molar-refractivity contribution in [3.05, 3.63) is 35.4 Å². The van der Waals surface area contributed by atoms with E-state index in [1.165, 1.54) is 18.2 Å². The number of rotatable bonds is 4. The second-order valence-electron chi connectivity index (χ2n) is 5.64. The average Bonchev–Trinajstić information content (AvgIpc) is 2.47. The van der Waals surface area contributed by atoms with E-state index in [1.54, 1.807) is 12.0 Å². The van der Waals surface area contributed by atoms with Gasteiger partial charge in [-0.05, 0) is 30.4 Å². The van der Waals surface area contributed by atoms with Crippen molar-refractivity contribution in [2.24, 2.45) is 5.92 Å². The van der Waals surface area contributed by atoms with Gasteiger partial charge in [0.2, 0.25) is 5.91 Å². The number of alkyl halides is 3. The molecule has 0 aromatic heterocycles. The second-order valence-corrected chi connectivity index (χ2v) is 5.64. The van der Waals surface area contributed by atoms with Crippen molar-refractivity contribution in [1.82, 2.24) is 4.90 Å². The Bertz CT molecular complexity index is 514. The first-order valence-corrected chi connectivity index (χ1v) is 7.33. The number of halogens is 3. The van der Waals surface area contributed by atoms with Crippen LogP contribution in [-0.2, 0) is 22.1 Å². The maximum atomic E-state index is 13.0. The van der Waals surface area contributed by atoms with Gasteiger partial charge in [0.05, 0.1) is 18.6 Å². The quantitative estimate of drug-likeness (QED) is 0.854. The largest absolute Gasteiger partial charge is 0.416 e. The summed E-state index contributed by atoms with van der Waals surface area (Å²) in [5.41, 5.74) is -0.692. The molecule has 1 aliphatic heterocycles. The molecule has 0 aliphatic carbocycles. The van der Waals surface area contributed by atoms with E-state index < -0.39 is 11.7 Å². The molecular formula is C16H20F3NO2. The number of benzene rings is 1. The molecule has 1 aromatic carbocycles. The van der Waals surface area contributed by atoms with Crippen LogP contribution in [0.1, 0.15) is 24.0 Å². The van der Waals surface area contributed by atoms with E-state index >= 15 is 0 Å². The van der Waals surface area contributed by atoms with Gasteiger partial charge in [-0.2, -0.15) is 13.2 Å². The predicted octanol–water partition coefficient (Wildman–Crippen LogP) is 3.13. The first kappa shape index (κ1) is 16.8. The molecule has 1 saturated heterocycles. The molecular weight excluding hydrogens is 295 g/mol. The van der Waals surface area contributed by atoms with Crippen molar-refractivity contribution in [1.29, 1.82) is 0 Å². The summed E-state index contributed by atoms with van der Waals surface area (Å²) in [6.07, 6.45) is -2.80. The highest BCUT2D eigenvalue weighted by molar-refractivity contribution is 5.79. The average molecular weight is 315 g/mol. The first-order chi connectivity index (χ1) is 10.4. The molecule has 1 fully saturated rings. The van der Waals surface area contributed by atoms with E-state index in [4.69, 9.17) is 4.74 Å². The molecule has 0 unspecified atom stereocenters. The first-order valence-electron chi connectivity index (χ1n) is 7.33. The fourth-order valence-corrected chi connectivity index (χ4v) is 2.89. The van der Waals surface area contributed by atoms with Crippen molar-refractivity contribution in [3.8, 4) is 0 Å². The van der Waals surface area contributed by atoms with Crippen LogP contribution in [0, 0.1) is 5.92 Å². The van der Waals surface area contributed by atoms with Crippen LogP contribution in [0.25, 0.3) is 0 Å². The zero-order valence-electron chi connectivity index (χ0n) is 12.5. The molecule has 0 bridgehead atoms. The van der Waals surface area contributed by atoms with Gasteiger partial charge in [0, 0.05) is 20.2 Å². The van der Waals surface area contributed by atoms with Crippen LogP contribution >= 0.6 is 0 Å². The van der Waals surface area contributed by atoms with Crippen molar-refractivity contribution in [2.75, 3.05) is 26.8 Å². The lowest BCUT2D eigenvalue weighted by Crippen LogP contribution is -2.42. The van der Waals surface area contributed by atoms with Crippen LogP contribution in [0.4, 0.5) is 13.2 Å². The van der Waals surface area contributed by atoms with Crippen LogP contribution in [0.2, 0.25) is 0 Å². The number of hydrogen-bond acceptors (Lipinski definition) is 2. The second kappa shape index (κ2) is 7.13. The van der Waals surface area contributed by atoms with E-state index in [2.05, 4.69) is 0 Å². The molecule has 1 aliphatic rings. The summed E-state index contributed by atoms with van der Waals surface area (Å²) in [6, 6.07) is 5.26. The van der Waals surface area contributed by atoms with Gasteiger partial charge < -0.3 is 9.64 Å². The van der Waals surface area contributed by atoms with Gasteiger partial charge in [0.15, 0.2) is 0 Å². The molecule has 1 atom stereocenters. The monoisotopic (exact) mass is 315 g/mol. The fourth-order valence-electron chi connectivity index (χ4n) is 2.89. The number of methoxy groups -OCH3 is 1. The molecule has 0 N–H and O–H groups in total. The van der Waals surface area contributed by atoms with Crippen LogP contribution in [-0.4, -0.2) is 37.6 Å². The highest BCUT2D eigenvalue weighted by atomic mass is 19.4. The molecule has 1 aromatic rings. The third-order valence-electron chi connectivity index (χ3n) is 3.94. The molecule has 2 rings (SSSR count). The number of carbonyl (C=O) groups excluding carboxylic acids is 1. The van der Waals surface area contributed by atoms with Gasteiger partial charge in [-0.1, -0.05) is 18.2 Å². The Balaban J connectivity index is 2.06. The smallest absolute Gasteiger partial charge is 0.384 e. The Morgan fingerprint density at radius 1 is 1.36 bits per heavy atom. The van der Waals surface area contributed by atoms with Crippen molar-refractivity contribution < 1.29 is 22.7 Å². The number of carbonyl (C=O) groups is 1. The molecule has 0 saturated carbocycles. The Morgan fingerprint density at radius 2 is 2.09 bits per heavy atom. The fraction of sp³-hybridized carbons (Fsp3) is 0.562. The minimum atomic E-state index is -4.43. The van der Waals surface area contributed by atoms with Crippen LogP contribution in [0.5, 0.6) is 0 Å². The van der Waals surface area contributed by atoms with Gasteiger partial charge in [-0.3, -0.25) is 4.79 Å². The van der Waals surface area contributed by atoms with E-state index in [1.807, 2.05) is 0 Å². The number of piperidine rings is 1. The number of amides is 1. The summed E-state index contributed by atoms with van der Waals surface area (Å²) in [6.45, 7) is 1.73. The number of hydrogen-bond donors (Lipinski definition) is 0. The normalized spacial score (nSPS) is 19.3. The maximum absolute atomic E-state index is 13.0. The molecule has 3 nitrogen and oxygen atoms in total. The molecule has 22 heavy (non-hydrogen) atoms. The minimum Gasteiger partial charge on any atom is -0.384 e. The molecule has 1 amide bonds. The summed E-state index contributed by atoms with van der Waals surface area (Å²) in [7, 11) is 1.61. The van der Waals surface area contributed by atoms with Crippen LogP contribution in [0.15, 0.2) is 24.3 Å². The predicted molar refractivity (Wildman–Crippen MR) is 76.3 cm³/mol. The SMILES string of the molecule is COC[C@H]1CCCN(C(=O)Cc2ccccc2C(F)(F)F)C1. The summed E-state index contributed by atoms with van der Waals surface area (Å²) in [4.78, 5) is 14.0.